The second-order valence-electron chi connectivity index (χ2n) is 7.79. The van der Waals surface area contributed by atoms with Crippen LogP contribution in [0.15, 0.2) is 66.2 Å². The Morgan fingerprint density at radius 1 is 0.971 bits per heavy atom. The van der Waals surface area contributed by atoms with Crippen LogP contribution in [0.25, 0.3) is 6.08 Å². The van der Waals surface area contributed by atoms with Gasteiger partial charge in [0.1, 0.15) is 11.6 Å². The van der Waals surface area contributed by atoms with Crippen LogP contribution in [0.3, 0.4) is 0 Å². The molecule has 3 aromatic rings. The van der Waals surface area contributed by atoms with E-state index >= 15 is 0 Å². The first-order valence-electron chi connectivity index (χ1n) is 10.9. The van der Waals surface area contributed by atoms with Crippen molar-refractivity contribution in [3.63, 3.8) is 0 Å². The van der Waals surface area contributed by atoms with E-state index in [1.165, 1.54) is 6.08 Å². The van der Waals surface area contributed by atoms with E-state index < -0.39 is 11.9 Å². The molecule has 1 N–H and O–H groups in total. The number of carbonyl (C=O) groups is 2. The summed E-state index contributed by atoms with van der Waals surface area (Å²) in [6, 6.07) is 19.4. The van der Waals surface area contributed by atoms with E-state index in [9.17, 15) is 14.9 Å². The molecule has 0 aromatic heterocycles. The molecule has 6 heteroatoms. The third-order valence-electron chi connectivity index (χ3n) is 5.07. The SMILES string of the molecule is CCOc1cc(C=C(C#N)C(=O)Nc2c(C)cc(C)cc2C)ccc1OC(=O)c1ccccc1. The number of nitrogens with zero attached hydrogens (tertiary/aromatic N) is 1. The molecule has 0 saturated carbocycles. The van der Waals surface area contributed by atoms with Crippen LogP contribution < -0.4 is 14.8 Å². The van der Waals surface area contributed by atoms with E-state index in [2.05, 4.69) is 5.32 Å². The number of esters is 1. The van der Waals surface area contributed by atoms with Crippen LogP contribution in [0.1, 0.15) is 39.5 Å². The molecule has 0 saturated heterocycles. The summed E-state index contributed by atoms with van der Waals surface area (Å²) in [4.78, 5) is 25.2. The van der Waals surface area contributed by atoms with Gasteiger partial charge in [0.25, 0.3) is 5.91 Å². The number of nitrogens with one attached hydrogen (secondary N) is 1. The van der Waals surface area contributed by atoms with Gasteiger partial charge in [-0.05, 0) is 74.7 Å². The van der Waals surface area contributed by atoms with Crippen molar-refractivity contribution < 1.29 is 19.1 Å². The smallest absolute Gasteiger partial charge is 0.343 e. The molecule has 0 heterocycles. The second-order valence-corrected chi connectivity index (χ2v) is 7.79. The highest BCUT2D eigenvalue weighted by Crippen LogP contribution is 2.30. The van der Waals surface area contributed by atoms with Crippen molar-refractivity contribution in [3.05, 3.63) is 94.1 Å². The lowest BCUT2D eigenvalue weighted by atomic mass is 10.0. The Bertz CT molecular complexity index is 1260. The molecule has 6 nitrogen and oxygen atoms in total. The lowest BCUT2D eigenvalue weighted by Gasteiger charge is -2.13. The van der Waals surface area contributed by atoms with Crippen molar-refractivity contribution in [1.29, 1.82) is 5.26 Å². The topological polar surface area (TPSA) is 88.4 Å². The van der Waals surface area contributed by atoms with Gasteiger partial charge in [-0.2, -0.15) is 5.26 Å². The predicted molar refractivity (Wildman–Crippen MR) is 132 cm³/mol. The van der Waals surface area contributed by atoms with Crippen LogP contribution in [0, 0.1) is 32.1 Å². The summed E-state index contributed by atoms with van der Waals surface area (Å²) in [6.07, 6.45) is 1.47. The average Bonchev–Trinajstić information content (AvgIpc) is 2.81. The largest absolute Gasteiger partial charge is 0.490 e. The minimum absolute atomic E-state index is 0.0594. The molecule has 34 heavy (non-hydrogen) atoms. The van der Waals surface area contributed by atoms with Gasteiger partial charge in [0.2, 0.25) is 0 Å². The number of ether oxygens (including phenoxy) is 2. The molecule has 0 fully saturated rings. The van der Waals surface area contributed by atoms with Gasteiger partial charge < -0.3 is 14.8 Å². The van der Waals surface area contributed by atoms with Gasteiger partial charge >= 0.3 is 5.97 Å². The van der Waals surface area contributed by atoms with Crippen LogP contribution in [0.2, 0.25) is 0 Å². The zero-order valence-corrected chi connectivity index (χ0v) is 19.6. The predicted octanol–water partition coefficient (Wildman–Crippen LogP) is 5.78. The van der Waals surface area contributed by atoms with Crippen LogP contribution in [0.4, 0.5) is 5.69 Å². The molecular formula is C28H26N2O4. The summed E-state index contributed by atoms with van der Waals surface area (Å²) in [7, 11) is 0. The Hall–Kier alpha value is -4.37. The third-order valence-corrected chi connectivity index (χ3v) is 5.07. The van der Waals surface area contributed by atoms with E-state index in [-0.39, 0.29) is 11.3 Å². The highest BCUT2D eigenvalue weighted by molar-refractivity contribution is 6.10. The van der Waals surface area contributed by atoms with Crippen LogP contribution in [-0.4, -0.2) is 18.5 Å². The lowest BCUT2D eigenvalue weighted by molar-refractivity contribution is -0.112. The lowest BCUT2D eigenvalue weighted by Crippen LogP contribution is -2.15. The molecule has 0 atom stereocenters. The molecular weight excluding hydrogens is 428 g/mol. The molecule has 0 aliphatic heterocycles. The molecule has 172 valence electrons. The van der Waals surface area contributed by atoms with Crippen molar-refractivity contribution in [2.24, 2.45) is 0 Å². The van der Waals surface area contributed by atoms with Gasteiger partial charge in [-0.15, -0.1) is 0 Å². The summed E-state index contributed by atoms with van der Waals surface area (Å²) in [5.41, 5.74) is 4.55. The normalized spacial score (nSPS) is 10.9. The molecule has 0 aliphatic rings. The van der Waals surface area contributed by atoms with Gasteiger partial charge in [-0.3, -0.25) is 4.79 Å². The molecule has 0 aliphatic carbocycles. The Labute approximate surface area is 199 Å². The fourth-order valence-corrected chi connectivity index (χ4v) is 3.57. The van der Waals surface area contributed by atoms with Crippen LogP contribution >= 0.6 is 0 Å². The van der Waals surface area contributed by atoms with Crippen molar-refractivity contribution >= 4 is 23.6 Å². The minimum Gasteiger partial charge on any atom is -0.490 e. The number of hydrogen-bond donors (Lipinski definition) is 1. The summed E-state index contributed by atoms with van der Waals surface area (Å²) >= 11 is 0. The van der Waals surface area contributed by atoms with E-state index in [1.807, 2.05) is 52.0 Å². The highest BCUT2D eigenvalue weighted by Gasteiger charge is 2.16. The first-order chi connectivity index (χ1) is 16.3. The van der Waals surface area contributed by atoms with Crippen LogP contribution in [0.5, 0.6) is 11.5 Å². The number of carbonyl (C=O) groups excluding carboxylic acids is 2. The van der Waals surface area contributed by atoms with Gasteiger partial charge in [-0.25, -0.2) is 4.79 Å². The molecule has 0 unspecified atom stereocenters. The van der Waals surface area contributed by atoms with Gasteiger partial charge in [0.05, 0.1) is 12.2 Å². The van der Waals surface area contributed by atoms with E-state index in [4.69, 9.17) is 9.47 Å². The number of benzene rings is 3. The zero-order chi connectivity index (χ0) is 24.7. The summed E-state index contributed by atoms with van der Waals surface area (Å²) in [5, 5.41) is 12.5. The zero-order valence-electron chi connectivity index (χ0n) is 19.6. The maximum atomic E-state index is 12.8. The second kappa shape index (κ2) is 11.0. The maximum absolute atomic E-state index is 12.8. The molecule has 0 bridgehead atoms. The Balaban J connectivity index is 1.85. The first kappa shape index (κ1) is 24.3. The first-order valence-corrected chi connectivity index (χ1v) is 10.9. The molecule has 1 amide bonds. The van der Waals surface area contributed by atoms with E-state index in [1.54, 1.807) is 42.5 Å². The number of hydrogen-bond acceptors (Lipinski definition) is 5. The Kier molecular flexibility index (Phi) is 7.83. The molecule has 3 rings (SSSR count). The van der Waals surface area contributed by atoms with Crippen molar-refractivity contribution in [3.8, 4) is 17.6 Å². The molecule has 0 radical (unpaired) electrons. The van der Waals surface area contributed by atoms with E-state index in [0.29, 0.717) is 29.2 Å². The monoisotopic (exact) mass is 454 g/mol. The van der Waals surface area contributed by atoms with Gasteiger partial charge in [0, 0.05) is 5.69 Å². The number of amides is 1. The summed E-state index contributed by atoms with van der Waals surface area (Å²) < 4.78 is 11.1. The Morgan fingerprint density at radius 2 is 1.65 bits per heavy atom. The number of nitriles is 1. The van der Waals surface area contributed by atoms with E-state index in [0.717, 1.165) is 16.7 Å². The fourth-order valence-electron chi connectivity index (χ4n) is 3.57. The average molecular weight is 455 g/mol. The summed E-state index contributed by atoms with van der Waals surface area (Å²) in [5.74, 6) is -0.425. The van der Waals surface area contributed by atoms with Crippen LogP contribution in [-0.2, 0) is 4.79 Å². The maximum Gasteiger partial charge on any atom is 0.343 e. The fraction of sp³-hybridized carbons (Fsp3) is 0.179. The molecule has 0 spiro atoms. The number of anilines is 1. The number of rotatable bonds is 7. The standard InChI is InChI=1S/C28H26N2O4/c1-5-33-25-16-21(11-12-24(25)34-28(32)22-9-7-6-8-10-22)15-23(17-29)27(31)30-26-19(3)13-18(2)14-20(26)4/h6-16H,5H2,1-4H3,(H,30,31). The summed E-state index contributed by atoms with van der Waals surface area (Å²) in [6.45, 7) is 7.97. The van der Waals surface area contributed by atoms with Gasteiger partial charge in [0.15, 0.2) is 11.5 Å². The van der Waals surface area contributed by atoms with Gasteiger partial charge in [-0.1, -0.05) is 42.0 Å². The van der Waals surface area contributed by atoms with Crippen molar-refractivity contribution in [2.45, 2.75) is 27.7 Å². The quantitative estimate of drug-likeness (QED) is 0.212. The minimum atomic E-state index is -0.509. The molecule has 3 aromatic carbocycles. The number of aryl methyl sites for hydroxylation is 3. The van der Waals surface area contributed by atoms with Crippen molar-refractivity contribution in [1.82, 2.24) is 0 Å². The Morgan fingerprint density at radius 3 is 2.26 bits per heavy atom. The third kappa shape index (κ3) is 5.90. The van der Waals surface area contributed by atoms with Crippen molar-refractivity contribution in [2.75, 3.05) is 11.9 Å². The highest BCUT2D eigenvalue weighted by atomic mass is 16.6.